The summed E-state index contributed by atoms with van der Waals surface area (Å²) >= 11 is 1.44. The maximum Gasteiger partial charge on any atom is 0.306 e. The van der Waals surface area contributed by atoms with E-state index in [0.717, 1.165) is 5.82 Å². The zero-order valence-electron chi connectivity index (χ0n) is 8.24. The molecule has 0 atom stereocenters. The highest BCUT2D eigenvalue weighted by Gasteiger charge is 2.04. The third-order valence-electron chi connectivity index (χ3n) is 1.42. The first-order valence-electron chi connectivity index (χ1n) is 4.39. The summed E-state index contributed by atoms with van der Waals surface area (Å²) in [5, 5.41) is 7.34. The average molecular weight is 215 g/mol. The predicted octanol–water partition coefficient (Wildman–Crippen LogP) is 1.16. The Morgan fingerprint density at radius 1 is 1.64 bits per heavy atom. The van der Waals surface area contributed by atoms with Crippen LogP contribution >= 0.6 is 11.8 Å². The Bertz CT molecular complexity index is 301. The fourth-order valence-electron chi connectivity index (χ4n) is 0.846. The summed E-state index contributed by atoms with van der Waals surface area (Å²) < 4.78 is 4.78. The van der Waals surface area contributed by atoms with Crippen molar-refractivity contribution in [1.29, 1.82) is 0 Å². The number of nitrogens with zero attached hydrogens (tertiary/aromatic N) is 2. The van der Waals surface area contributed by atoms with Crippen molar-refractivity contribution >= 4 is 17.7 Å². The lowest BCUT2D eigenvalue weighted by molar-refractivity contribution is -0.142. The Kier molecular flexibility index (Phi) is 4.45. The van der Waals surface area contributed by atoms with E-state index in [9.17, 15) is 4.79 Å². The first-order valence-corrected chi connectivity index (χ1v) is 5.38. The number of aryl methyl sites for hydroxylation is 1. The number of carbonyl (C=O) groups is 1. The normalized spacial score (nSPS) is 10.1. The monoisotopic (exact) mass is 215 g/mol. The van der Waals surface area contributed by atoms with Crippen LogP contribution in [0.4, 0.5) is 0 Å². The molecule has 0 spiro atoms. The summed E-state index contributed by atoms with van der Waals surface area (Å²) in [7, 11) is 0. The SMILES string of the molecule is CCOC(=O)CCSc1n[nH]c(C)n1. The van der Waals surface area contributed by atoms with E-state index < -0.39 is 0 Å². The number of esters is 1. The molecule has 0 aromatic carbocycles. The third-order valence-corrected chi connectivity index (χ3v) is 2.27. The molecule has 0 saturated carbocycles. The van der Waals surface area contributed by atoms with Crippen molar-refractivity contribution < 1.29 is 9.53 Å². The van der Waals surface area contributed by atoms with E-state index in [0.29, 0.717) is 23.9 Å². The van der Waals surface area contributed by atoms with Crippen molar-refractivity contribution in [2.24, 2.45) is 0 Å². The molecule has 0 amide bonds. The van der Waals surface area contributed by atoms with Crippen molar-refractivity contribution in [3.63, 3.8) is 0 Å². The van der Waals surface area contributed by atoms with Crippen LogP contribution in [-0.2, 0) is 9.53 Å². The summed E-state index contributed by atoms with van der Waals surface area (Å²) in [5.41, 5.74) is 0. The number of rotatable bonds is 5. The van der Waals surface area contributed by atoms with Gasteiger partial charge in [-0.2, -0.15) is 0 Å². The maximum atomic E-state index is 11.0. The largest absolute Gasteiger partial charge is 0.466 e. The first-order chi connectivity index (χ1) is 6.72. The van der Waals surface area contributed by atoms with Gasteiger partial charge in [-0.15, -0.1) is 5.10 Å². The van der Waals surface area contributed by atoms with Gasteiger partial charge < -0.3 is 4.74 Å². The van der Waals surface area contributed by atoms with Crippen molar-refractivity contribution in [3.05, 3.63) is 5.82 Å². The molecule has 0 fully saturated rings. The second-order valence-electron chi connectivity index (χ2n) is 2.61. The molecule has 1 N–H and O–H groups in total. The predicted molar refractivity (Wildman–Crippen MR) is 53.1 cm³/mol. The van der Waals surface area contributed by atoms with Gasteiger partial charge in [-0.1, -0.05) is 11.8 Å². The molecule has 0 saturated heterocycles. The number of thioether (sulfide) groups is 1. The number of nitrogens with one attached hydrogen (secondary N) is 1. The summed E-state index contributed by atoms with van der Waals surface area (Å²) in [6.45, 7) is 4.06. The van der Waals surface area contributed by atoms with Crippen LogP contribution in [0.25, 0.3) is 0 Å². The minimum atomic E-state index is -0.174. The fraction of sp³-hybridized carbons (Fsp3) is 0.625. The minimum absolute atomic E-state index is 0.174. The van der Waals surface area contributed by atoms with Crippen LogP contribution in [0.2, 0.25) is 0 Å². The molecule has 0 radical (unpaired) electrons. The lowest BCUT2D eigenvalue weighted by atomic mass is 10.5. The van der Waals surface area contributed by atoms with Crippen LogP contribution in [-0.4, -0.2) is 33.5 Å². The Balaban J connectivity index is 2.18. The number of hydrogen-bond acceptors (Lipinski definition) is 5. The smallest absolute Gasteiger partial charge is 0.306 e. The zero-order chi connectivity index (χ0) is 10.4. The lowest BCUT2D eigenvalue weighted by Crippen LogP contribution is -2.04. The number of carbonyl (C=O) groups excluding carboxylic acids is 1. The number of aromatic amines is 1. The molecule has 78 valence electrons. The topological polar surface area (TPSA) is 67.9 Å². The highest BCUT2D eigenvalue weighted by Crippen LogP contribution is 2.13. The van der Waals surface area contributed by atoms with Crippen molar-refractivity contribution in [3.8, 4) is 0 Å². The minimum Gasteiger partial charge on any atom is -0.466 e. The number of hydrogen-bond donors (Lipinski definition) is 1. The number of H-pyrrole nitrogens is 1. The van der Waals surface area contributed by atoms with Gasteiger partial charge in [-0.25, -0.2) is 4.98 Å². The van der Waals surface area contributed by atoms with Gasteiger partial charge in [0.2, 0.25) is 5.16 Å². The first kappa shape index (κ1) is 11.0. The van der Waals surface area contributed by atoms with Gasteiger partial charge in [0.05, 0.1) is 13.0 Å². The van der Waals surface area contributed by atoms with E-state index in [1.807, 2.05) is 6.92 Å². The van der Waals surface area contributed by atoms with E-state index in [4.69, 9.17) is 4.74 Å². The Labute approximate surface area is 86.6 Å². The van der Waals surface area contributed by atoms with E-state index in [-0.39, 0.29) is 5.97 Å². The van der Waals surface area contributed by atoms with Crippen LogP contribution in [0, 0.1) is 6.92 Å². The molecule has 0 unspecified atom stereocenters. The number of aromatic nitrogens is 3. The van der Waals surface area contributed by atoms with Crippen LogP contribution in [0.5, 0.6) is 0 Å². The second-order valence-corrected chi connectivity index (χ2v) is 3.67. The van der Waals surface area contributed by atoms with Gasteiger partial charge in [0, 0.05) is 5.75 Å². The Morgan fingerprint density at radius 2 is 2.43 bits per heavy atom. The lowest BCUT2D eigenvalue weighted by Gasteiger charge is -1.98. The van der Waals surface area contributed by atoms with Crippen LogP contribution in [0.1, 0.15) is 19.2 Å². The summed E-state index contributed by atoms with van der Waals surface area (Å²) in [6.07, 6.45) is 0.395. The molecule has 6 heteroatoms. The van der Waals surface area contributed by atoms with Crippen LogP contribution in [0.3, 0.4) is 0 Å². The van der Waals surface area contributed by atoms with E-state index in [2.05, 4.69) is 15.2 Å². The zero-order valence-corrected chi connectivity index (χ0v) is 9.06. The molecular weight excluding hydrogens is 202 g/mol. The van der Waals surface area contributed by atoms with Crippen LogP contribution < -0.4 is 0 Å². The highest BCUT2D eigenvalue weighted by molar-refractivity contribution is 7.99. The molecule has 1 heterocycles. The summed E-state index contributed by atoms with van der Waals surface area (Å²) in [6, 6.07) is 0. The van der Waals surface area contributed by atoms with Crippen molar-refractivity contribution in [2.45, 2.75) is 25.4 Å². The van der Waals surface area contributed by atoms with E-state index in [1.54, 1.807) is 6.92 Å². The van der Waals surface area contributed by atoms with Crippen molar-refractivity contribution in [2.75, 3.05) is 12.4 Å². The van der Waals surface area contributed by atoms with Gasteiger partial charge in [-0.3, -0.25) is 9.89 Å². The highest BCUT2D eigenvalue weighted by atomic mass is 32.2. The average Bonchev–Trinajstić information content (AvgIpc) is 2.52. The molecule has 5 nitrogen and oxygen atoms in total. The van der Waals surface area contributed by atoms with Gasteiger partial charge in [0.1, 0.15) is 5.82 Å². The van der Waals surface area contributed by atoms with Gasteiger partial charge in [-0.05, 0) is 13.8 Å². The fourth-order valence-corrected chi connectivity index (χ4v) is 1.61. The van der Waals surface area contributed by atoms with Crippen LogP contribution in [0.15, 0.2) is 5.16 Å². The number of ether oxygens (including phenoxy) is 1. The molecule has 0 aliphatic rings. The summed E-state index contributed by atoms with van der Waals surface area (Å²) in [4.78, 5) is 15.1. The summed E-state index contributed by atoms with van der Waals surface area (Å²) in [5.74, 6) is 1.26. The molecule has 1 aromatic heterocycles. The maximum absolute atomic E-state index is 11.0. The van der Waals surface area contributed by atoms with Crippen molar-refractivity contribution in [1.82, 2.24) is 15.2 Å². The van der Waals surface area contributed by atoms with Gasteiger partial charge in [0.25, 0.3) is 0 Å². The standard InChI is InChI=1S/C8H13N3O2S/c1-3-13-7(12)4-5-14-8-9-6(2)10-11-8/h3-5H2,1-2H3,(H,9,10,11). The molecule has 0 aliphatic heterocycles. The molecule has 1 rings (SSSR count). The van der Waals surface area contributed by atoms with E-state index in [1.165, 1.54) is 11.8 Å². The van der Waals surface area contributed by atoms with E-state index >= 15 is 0 Å². The van der Waals surface area contributed by atoms with Gasteiger partial charge in [0.15, 0.2) is 0 Å². The molecule has 0 bridgehead atoms. The second kappa shape index (κ2) is 5.64. The quantitative estimate of drug-likeness (QED) is 0.589. The molecule has 0 aliphatic carbocycles. The molecular formula is C8H13N3O2S. The molecule has 1 aromatic rings. The molecule has 14 heavy (non-hydrogen) atoms. The Hall–Kier alpha value is -1.04. The Morgan fingerprint density at radius 3 is 3.00 bits per heavy atom. The third kappa shape index (κ3) is 3.78. The van der Waals surface area contributed by atoms with Gasteiger partial charge >= 0.3 is 5.97 Å².